The molecule has 2 aromatic heterocycles. The molecule has 0 saturated heterocycles. The number of halogens is 2. The number of allylic oxidation sites excluding steroid dienone is 1. The van der Waals surface area contributed by atoms with Crippen LogP contribution >= 0.6 is 43.2 Å². The van der Waals surface area contributed by atoms with Gasteiger partial charge in [0, 0.05) is 39.9 Å². The quantitative estimate of drug-likeness (QED) is 0.273. The number of nitrogens with one attached hydrogen (secondary N) is 1. The smallest absolute Gasteiger partial charge is 0.269 e. The van der Waals surface area contributed by atoms with E-state index in [0.717, 1.165) is 14.5 Å². The first kappa shape index (κ1) is 19.2. The zero-order valence-corrected chi connectivity index (χ0v) is 17.4. The molecule has 0 atom stereocenters. The second-order valence-corrected chi connectivity index (χ2v) is 7.77. The molecule has 1 N–H and O–H groups in total. The highest BCUT2D eigenvalue weighted by atomic mass is 79.9. The van der Waals surface area contributed by atoms with Crippen LogP contribution in [-0.2, 0) is 0 Å². The van der Waals surface area contributed by atoms with Gasteiger partial charge in [0.1, 0.15) is 22.5 Å². The van der Waals surface area contributed by atoms with Crippen LogP contribution in [0.25, 0.3) is 16.8 Å². The number of pyridine rings is 1. The first-order chi connectivity index (χ1) is 13.0. The number of nitro groups is 1. The summed E-state index contributed by atoms with van der Waals surface area (Å²) in [5.74, 6) is 0.568. The van der Waals surface area contributed by atoms with Gasteiger partial charge in [0.25, 0.3) is 5.69 Å². The van der Waals surface area contributed by atoms with Crippen molar-refractivity contribution in [1.29, 1.82) is 5.26 Å². The molecule has 0 fully saturated rings. The number of nitro benzene ring substituents is 1. The zero-order valence-electron chi connectivity index (χ0n) is 13.4. The topological polar surface area (TPSA) is 105 Å². The van der Waals surface area contributed by atoms with E-state index in [2.05, 4.69) is 53.2 Å². The van der Waals surface area contributed by atoms with E-state index in [0.29, 0.717) is 22.1 Å². The Kier molecular flexibility index (Phi) is 5.95. The third-order valence-corrected chi connectivity index (χ3v) is 5.30. The van der Waals surface area contributed by atoms with Crippen LogP contribution in [-0.4, -0.2) is 14.9 Å². The highest BCUT2D eigenvalue weighted by Crippen LogP contribution is 2.28. The summed E-state index contributed by atoms with van der Waals surface area (Å²) < 4.78 is 1.58. The van der Waals surface area contributed by atoms with Crippen LogP contribution in [0.1, 0.15) is 5.01 Å². The summed E-state index contributed by atoms with van der Waals surface area (Å²) >= 11 is 8.04. The van der Waals surface area contributed by atoms with E-state index in [1.807, 2.05) is 6.07 Å². The highest BCUT2D eigenvalue weighted by molar-refractivity contribution is 9.11. The SMILES string of the molecule is N#CC(=CNc1ncc(Br)cc1Br)c1nc(-c2ccc([N+](=O)[O-])cc2)cs1. The lowest BCUT2D eigenvalue weighted by Crippen LogP contribution is -1.95. The molecule has 7 nitrogen and oxygen atoms in total. The molecule has 27 heavy (non-hydrogen) atoms. The number of aromatic nitrogens is 2. The van der Waals surface area contributed by atoms with Gasteiger partial charge in [0.05, 0.1) is 15.1 Å². The van der Waals surface area contributed by atoms with Crippen molar-refractivity contribution in [2.24, 2.45) is 0 Å². The van der Waals surface area contributed by atoms with Crippen LogP contribution in [0.3, 0.4) is 0 Å². The minimum atomic E-state index is -0.452. The lowest BCUT2D eigenvalue weighted by molar-refractivity contribution is -0.384. The Morgan fingerprint density at radius 2 is 2.07 bits per heavy atom. The summed E-state index contributed by atoms with van der Waals surface area (Å²) in [6.07, 6.45) is 3.18. The summed E-state index contributed by atoms with van der Waals surface area (Å²) in [5.41, 5.74) is 1.76. The zero-order chi connectivity index (χ0) is 19.4. The van der Waals surface area contributed by atoms with Crippen molar-refractivity contribution in [2.45, 2.75) is 0 Å². The lowest BCUT2D eigenvalue weighted by atomic mass is 10.1. The Morgan fingerprint density at radius 1 is 1.33 bits per heavy atom. The number of hydrogen-bond acceptors (Lipinski definition) is 7. The second kappa shape index (κ2) is 8.39. The number of benzene rings is 1. The van der Waals surface area contributed by atoms with Crippen molar-refractivity contribution in [1.82, 2.24) is 9.97 Å². The predicted molar refractivity (Wildman–Crippen MR) is 111 cm³/mol. The maximum atomic E-state index is 10.7. The van der Waals surface area contributed by atoms with Crippen LogP contribution in [0, 0.1) is 21.4 Å². The molecular weight excluding hydrogens is 498 g/mol. The van der Waals surface area contributed by atoms with E-state index in [1.165, 1.54) is 23.5 Å². The van der Waals surface area contributed by atoms with E-state index in [9.17, 15) is 15.4 Å². The average Bonchev–Trinajstić information content (AvgIpc) is 3.14. The number of hydrogen-bond donors (Lipinski definition) is 1. The molecule has 0 amide bonds. The molecule has 3 rings (SSSR count). The number of rotatable bonds is 5. The number of nitrogens with zero attached hydrogens (tertiary/aromatic N) is 4. The summed E-state index contributed by atoms with van der Waals surface area (Å²) in [5, 5.41) is 25.5. The lowest BCUT2D eigenvalue weighted by Gasteiger charge is -2.03. The Bertz CT molecular complexity index is 1070. The van der Waals surface area contributed by atoms with Gasteiger partial charge in [0.2, 0.25) is 0 Å². The molecular formula is C17H9Br2N5O2S. The van der Waals surface area contributed by atoms with Crippen LogP contribution in [0.15, 0.2) is 57.1 Å². The average molecular weight is 507 g/mol. The van der Waals surface area contributed by atoms with Gasteiger partial charge in [-0.1, -0.05) is 0 Å². The fourth-order valence-corrected chi connectivity index (χ4v) is 3.98. The minimum absolute atomic E-state index is 0.0172. The third kappa shape index (κ3) is 4.57. The van der Waals surface area contributed by atoms with Gasteiger partial charge < -0.3 is 5.32 Å². The first-order valence-electron chi connectivity index (χ1n) is 7.36. The standard InChI is InChI=1S/C17H9Br2N5O2S/c18-12-5-14(19)16(22-8-12)21-7-11(6-20)17-23-15(9-27-17)10-1-3-13(4-2-10)24(25)26/h1-5,7-9H,(H,21,22). The number of thiazole rings is 1. The van der Waals surface area contributed by atoms with E-state index >= 15 is 0 Å². The summed E-state index contributed by atoms with van der Waals surface area (Å²) in [7, 11) is 0. The van der Waals surface area contributed by atoms with Gasteiger partial charge in [-0.2, -0.15) is 5.26 Å². The predicted octanol–water partition coefficient (Wildman–Crippen LogP) is 5.61. The Labute approximate surface area is 174 Å². The summed E-state index contributed by atoms with van der Waals surface area (Å²) in [6, 6.07) is 10.1. The largest absolute Gasteiger partial charge is 0.344 e. The molecule has 0 unspecified atom stereocenters. The molecule has 2 heterocycles. The number of non-ortho nitro benzene ring substituents is 1. The summed E-state index contributed by atoms with van der Waals surface area (Å²) in [4.78, 5) is 19.0. The van der Waals surface area contributed by atoms with Crippen molar-refractivity contribution >= 4 is 60.3 Å². The molecule has 3 aromatic rings. The van der Waals surface area contributed by atoms with Crippen LogP contribution in [0.4, 0.5) is 11.5 Å². The van der Waals surface area contributed by atoms with Crippen LogP contribution in [0.2, 0.25) is 0 Å². The molecule has 1 aromatic carbocycles. The van der Waals surface area contributed by atoms with Crippen LogP contribution < -0.4 is 5.32 Å². The van der Waals surface area contributed by atoms with Gasteiger partial charge >= 0.3 is 0 Å². The number of anilines is 1. The molecule has 0 aliphatic rings. The molecule has 10 heteroatoms. The van der Waals surface area contributed by atoms with Gasteiger partial charge in [0.15, 0.2) is 0 Å². The van der Waals surface area contributed by atoms with Crippen molar-refractivity contribution in [3.05, 3.63) is 72.2 Å². The Balaban J connectivity index is 1.82. The number of nitriles is 1. The van der Waals surface area contributed by atoms with Crippen molar-refractivity contribution in [2.75, 3.05) is 5.32 Å². The molecule has 0 bridgehead atoms. The monoisotopic (exact) mass is 505 g/mol. The fraction of sp³-hybridized carbons (Fsp3) is 0. The second-order valence-electron chi connectivity index (χ2n) is 5.14. The van der Waals surface area contributed by atoms with Crippen molar-refractivity contribution in [3.8, 4) is 17.3 Å². The molecule has 134 valence electrons. The molecule has 0 radical (unpaired) electrons. The Hall–Kier alpha value is -2.61. The van der Waals surface area contributed by atoms with Gasteiger partial charge in [-0.05, 0) is 50.1 Å². The summed E-state index contributed by atoms with van der Waals surface area (Å²) in [6.45, 7) is 0. The molecule has 0 aliphatic carbocycles. The van der Waals surface area contributed by atoms with Gasteiger partial charge in [-0.15, -0.1) is 11.3 Å². The Morgan fingerprint density at radius 3 is 2.70 bits per heavy atom. The fourth-order valence-electron chi connectivity index (χ4n) is 2.09. The highest BCUT2D eigenvalue weighted by Gasteiger charge is 2.11. The van der Waals surface area contributed by atoms with Gasteiger partial charge in [-0.3, -0.25) is 10.1 Å². The van der Waals surface area contributed by atoms with Gasteiger partial charge in [-0.25, -0.2) is 9.97 Å². The van der Waals surface area contributed by atoms with E-state index in [-0.39, 0.29) is 5.69 Å². The normalized spacial score (nSPS) is 11.1. The molecule has 0 aliphatic heterocycles. The van der Waals surface area contributed by atoms with E-state index < -0.39 is 4.92 Å². The minimum Gasteiger partial charge on any atom is -0.344 e. The first-order valence-corrected chi connectivity index (χ1v) is 9.83. The van der Waals surface area contributed by atoms with Crippen LogP contribution in [0.5, 0.6) is 0 Å². The maximum Gasteiger partial charge on any atom is 0.269 e. The molecule has 0 spiro atoms. The van der Waals surface area contributed by atoms with Crippen molar-refractivity contribution in [3.63, 3.8) is 0 Å². The third-order valence-electron chi connectivity index (χ3n) is 3.39. The van der Waals surface area contributed by atoms with E-state index in [1.54, 1.807) is 29.9 Å². The van der Waals surface area contributed by atoms with Crippen molar-refractivity contribution < 1.29 is 4.92 Å². The van der Waals surface area contributed by atoms with E-state index in [4.69, 9.17) is 0 Å². The maximum absolute atomic E-state index is 10.7. The molecule has 0 saturated carbocycles.